The first-order valence-electron chi connectivity index (χ1n) is 10.5. The van der Waals surface area contributed by atoms with Gasteiger partial charge in [-0.05, 0) is 37.1 Å². The number of hydrogen-bond acceptors (Lipinski definition) is 13. The first-order chi connectivity index (χ1) is 17.8. The zero-order chi connectivity index (χ0) is 28.5. The molecular formula is C22H24O13S3-2. The molecule has 0 fully saturated rings. The van der Waals surface area contributed by atoms with E-state index in [0.717, 1.165) is 12.5 Å². The van der Waals surface area contributed by atoms with E-state index >= 15 is 0 Å². The first-order valence-corrected chi connectivity index (χ1v) is 14.3. The summed E-state index contributed by atoms with van der Waals surface area (Å²) < 4.78 is 107. The van der Waals surface area contributed by atoms with Gasteiger partial charge in [-0.1, -0.05) is 13.2 Å². The molecule has 210 valence electrons. The molecule has 0 aromatic heterocycles. The summed E-state index contributed by atoms with van der Waals surface area (Å²) in [7, 11) is -11.6. The van der Waals surface area contributed by atoms with Crippen molar-refractivity contribution in [3.05, 3.63) is 61.1 Å². The summed E-state index contributed by atoms with van der Waals surface area (Å²) in [5, 5.41) is 0. The van der Waals surface area contributed by atoms with Crippen LogP contribution in [0.4, 0.5) is 0 Å². The van der Waals surface area contributed by atoms with Crippen LogP contribution in [0.3, 0.4) is 0 Å². The largest absolute Gasteiger partial charge is 0.726 e. The summed E-state index contributed by atoms with van der Waals surface area (Å²) >= 11 is 0. The lowest BCUT2D eigenvalue weighted by atomic mass is 10.2. The van der Waals surface area contributed by atoms with Crippen LogP contribution in [-0.2, 0) is 40.0 Å². The predicted molar refractivity (Wildman–Crippen MR) is 131 cm³/mol. The Balaban J connectivity index is 2.39. The van der Waals surface area contributed by atoms with Gasteiger partial charge in [0.15, 0.2) is 23.0 Å². The highest BCUT2D eigenvalue weighted by molar-refractivity contribution is 7.85. The summed E-state index contributed by atoms with van der Waals surface area (Å²) in [6.45, 7) is 8.47. The second-order valence-corrected chi connectivity index (χ2v) is 10.7. The number of benzene rings is 2. The molecule has 0 radical (unpaired) electrons. The number of hydrogen-bond donors (Lipinski definition) is 0. The molecule has 16 heteroatoms. The molecule has 0 bridgehead atoms. The van der Waals surface area contributed by atoms with Crippen LogP contribution >= 0.6 is 0 Å². The maximum absolute atomic E-state index is 13.5. The summed E-state index contributed by atoms with van der Waals surface area (Å²) in [5.41, 5.74) is 0.998. The van der Waals surface area contributed by atoms with E-state index in [4.69, 9.17) is 18.9 Å². The van der Waals surface area contributed by atoms with E-state index in [1.807, 2.05) is 0 Å². The molecule has 38 heavy (non-hydrogen) atoms. The fourth-order valence-electron chi connectivity index (χ4n) is 3.03. The molecular weight excluding hydrogens is 568 g/mol. The molecule has 0 N–H and O–H groups in total. The molecule has 0 aliphatic rings. The van der Waals surface area contributed by atoms with Crippen molar-refractivity contribution in [2.45, 2.75) is 23.6 Å². The van der Waals surface area contributed by atoms with Crippen molar-refractivity contribution in [2.24, 2.45) is 0 Å². The van der Waals surface area contributed by atoms with Crippen molar-refractivity contribution >= 4 is 31.6 Å². The van der Waals surface area contributed by atoms with Crippen LogP contribution in [0.5, 0.6) is 23.0 Å². The van der Waals surface area contributed by atoms with Crippen molar-refractivity contribution in [3.8, 4) is 23.0 Å². The third kappa shape index (κ3) is 9.71. The normalized spacial score (nSPS) is 11.7. The molecule has 0 amide bonds. The molecule has 0 heterocycles. The van der Waals surface area contributed by atoms with E-state index in [0.29, 0.717) is 11.1 Å². The Hall–Kier alpha value is -2.99. The van der Waals surface area contributed by atoms with E-state index in [1.165, 1.54) is 12.1 Å². The van der Waals surface area contributed by atoms with Crippen molar-refractivity contribution in [1.29, 1.82) is 0 Å². The fraction of sp³-hybridized carbons (Fsp3) is 0.273. The molecule has 2 aromatic carbocycles. The van der Waals surface area contributed by atoms with Gasteiger partial charge in [-0.2, -0.15) is 0 Å². The molecule has 0 saturated heterocycles. The molecule has 0 aliphatic heterocycles. The van der Waals surface area contributed by atoms with Crippen LogP contribution in [0.1, 0.15) is 11.1 Å². The number of rotatable bonds is 16. The highest BCUT2D eigenvalue weighted by Gasteiger charge is 2.19. The molecule has 2 rings (SSSR count). The van der Waals surface area contributed by atoms with Gasteiger partial charge in [0, 0.05) is 21.9 Å². The van der Waals surface area contributed by atoms with Gasteiger partial charge in [0.1, 0.15) is 13.2 Å². The van der Waals surface area contributed by atoms with Crippen molar-refractivity contribution in [2.75, 3.05) is 26.4 Å². The third-order valence-corrected chi connectivity index (χ3v) is 6.63. The average molecular weight is 593 g/mol. The van der Waals surface area contributed by atoms with E-state index in [-0.39, 0.29) is 46.0 Å². The smallest absolute Gasteiger partial charge is 0.217 e. The molecule has 0 saturated carbocycles. The highest BCUT2D eigenvalue weighted by atomic mass is 32.3. The quantitative estimate of drug-likeness (QED) is 0.120. The van der Waals surface area contributed by atoms with Crippen LogP contribution < -0.4 is 18.9 Å². The monoisotopic (exact) mass is 592 g/mol. The molecule has 0 spiro atoms. The van der Waals surface area contributed by atoms with Crippen molar-refractivity contribution in [1.82, 2.24) is 0 Å². The summed E-state index contributed by atoms with van der Waals surface area (Å²) in [4.78, 5) is 0.518. The van der Waals surface area contributed by atoms with Gasteiger partial charge in [0.25, 0.3) is 0 Å². The Bertz CT molecular complexity index is 1290. The Morgan fingerprint density at radius 1 is 0.737 bits per heavy atom. The second kappa shape index (κ2) is 13.7. The lowest BCUT2D eigenvalue weighted by Crippen LogP contribution is -2.13. The lowest BCUT2D eigenvalue weighted by Gasteiger charge is -2.17. The molecule has 2 aromatic rings. The Kier molecular flexibility index (Phi) is 11.3. The van der Waals surface area contributed by atoms with Crippen LogP contribution in [0, 0.1) is 13.8 Å². The predicted octanol–water partition coefficient (Wildman–Crippen LogP) is 2.23. The van der Waals surface area contributed by atoms with E-state index < -0.39 is 44.8 Å². The maximum atomic E-state index is 13.5. The standard InChI is InChI=1S/C22H26O13S3/c1-5-30-21-15(3)11-17(13-19(21)32-7-9-34-37(24,25)26)36(23)18-12-16(4)22(31-6-2)20(14-18)33-8-10-35-38(27,28)29/h5-6,11-14H,1-2,7-10H2,3-4H3,(H,24,25,26)(H,27,28,29)/p-2. The van der Waals surface area contributed by atoms with Crippen LogP contribution in [0.25, 0.3) is 0 Å². The topological polar surface area (TPSA) is 187 Å². The van der Waals surface area contributed by atoms with Gasteiger partial charge in [-0.15, -0.1) is 0 Å². The zero-order valence-corrected chi connectivity index (χ0v) is 22.7. The Morgan fingerprint density at radius 3 is 1.42 bits per heavy atom. The van der Waals surface area contributed by atoms with E-state index in [1.54, 1.807) is 26.0 Å². The van der Waals surface area contributed by atoms with Crippen molar-refractivity contribution in [3.63, 3.8) is 0 Å². The van der Waals surface area contributed by atoms with Crippen LogP contribution in [0.15, 0.2) is 59.7 Å². The van der Waals surface area contributed by atoms with E-state index in [2.05, 4.69) is 21.5 Å². The average Bonchev–Trinajstić information content (AvgIpc) is 2.81. The number of aryl methyl sites for hydroxylation is 2. The van der Waals surface area contributed by atoms with Gasteiger partial charge >= 0.3 is 0 Å². The number of ether oxygens (including phenoxy) is 4. The lowest BCUT2D eigenvalue weighted by molar-refractivity contribution is 0.195. The van der Waals surface area contributed by atoms with Gasteiger partial charge in [0.05, 0.1) is 36.5 Å². The summed E-state index contributed by atoms with van der Waals surface area (Å²) in [6, 6.07) is 5.92. The van der Waals surface area contributed by atoms with Gasteiger partial charge in [0.2, 0.25) is 20.8 Å². The van der Waals surface area contributed by atoms with Gasteiger partial charge in [-0.3, -0.25) is 8.37 Å². The fourth-order valence-corrected chi connectivity index (χ4v) is 4.84. The minimum atomic E-state index is -4.90. The van der Waals surface area contributed by atoms with Crippen molar-refractivity contribution < 1.29 is 57.5 Å². The zero-order valence-electron chi connectivity index (χ0n) is 20.2. The molecule has 0 aliphatic carbocycles. The summed E-state index contributed by atoms with van der Waals surface area (Å²) in [5.74, 6) is 0.592. The minimum Gasteiger partial charge on any atom is -0.726 e. The molecule has 13 nitrogen and oxygen atoms in total. The van der Waals surface area contributed by atoms with E-state index in [9.17, 15) is 30.1 Å². The third-order valence-electron chi connectivity index (χ3n) is 4.40. The van der Waals surface area contributed by atoms with Crippen LogP contribution in [0.2, 0.25) is 0 Å². The summed E-state index contributed by atoms with van der Waals surface area (Å²) in [6.07, 6.45) is 2.27. The first kappa shape index (κ1) is 31.2. The Morgan fingerprint density at radius 2 is 1.11 bits per heavy atom. The SMILES string of the molecule is C=COc1c(C)cc(S(=O)c2cc(C)c(OC=C)c(OCCOS(=O)(=O)[O-])c2)cc1OCCOS(=O)(=O)[O-]. The Labute approximate surface area is 222 Å². The second-order valence-electron chi connectivity index (χ2n) is 7.13. The minimum absolute atomic E-state index is 0.0796. The highest BCUT2D eigenvalue weighted by Crippen LogP contribution is 2.38. The van der Waals surface area contributed by atoms with Crippen LogP contribution in [-0.4, -0.2) is 56.6 Å². The molecule has 0 atom stereocenters. The van der Waals surface area contributed by atoms with Gasteiger partial charge in [-0.25, -0.2) is 21.0 Å². The maximum Gasteiger partial charge on any atom is 0.217 e. The molecule has 0 unspecified atom stereocenters. The van der Waals surface area contributed by atoms with Gasteiger partial charge < -0.3 is 28.1 Å².